The summed E-state index contributed by atoms with van der Waals surface area (Å²) in [5.41, 5.74) is 5.41. The van der Waals surface area contributed by atoms with Crippen molar-refractivity contribution in [3.63, 3.8) is 0 Å². The Bertz CT molecular complexity index is 395. The highest BCUT2D eigenvalue weighted by Gasteiger charge is 2.07. The fourth-order valence-corrected chi connectivity index (χ4v) is 1.22. The van der Waals surface area contributed by atoms with Crippen LogP contribution in [0.25, 0.3) is 0 Å². The van der Waals surface area contributed by atoms with Gasteiger partial charge in [-0.15, -0.1) is 0 Å². The number of nitrogens with two attached hydrogens (primary N) is 1. The van der Waals surface area contributed by atoms with Crippen molar-refractivity contribution in [2.45, 2.75) is 0 Å². The fourth-order valence-electron chi connectivity index (χ4n) is 0.777. The number of hydrogen-bond acceptors (Lipinski definition) is 2. The molecule has 1 amide bonds. The lowest BCUT2D eigenvalue weighted by Crippen LogP contribution is -2.27. The van der Waals surface area contributed by atoms with Crippen LogP contribution >= 0.6 is 35.4 Å². The lowest BCUT2D eigenvalue weighted by atomic mass is 10.3. The second-order valence-electron chi connectivity index (χ2n) is 2.44. The van der Waals surface area contributed by atoms with Gasteiger partial charge in [-0.3, -0.25) is 4.79 Å². The first-order valence-electron chi connectivity index (χ1n) is 3.56. The van der Waals surface area contributed by atoms with Crippen LogP contribution in [0.2, 0.25) is 10.0 Å². The Hall–Kier alpha value is -0.840. The van der Waals surface area contributed by atoms with Crippen molar-refractivity contribution >= 4 is 52.0 Å². The number of thiocarbonyl (C=S) groups is 1. The Morgan fingerprint density at radius 3 is 2.64 bits per heavy atom. The minimum absolute atomic E-state index is 0.103. The maximum Gasteiger partial charge on any atom is 0.276 e. The molecule has 6 heteroatoms. The van der Waals surface area contributed by atoms with Gasteiger partial charge in [0.05, 0.1) is 10.7 Å². The second-order valence-corrected chi connectivity index (χ2v) is 3.69. The van der Waals surface area contributed by atoms with E-state index in [1.807, 2.05) is 0 Å². The van der Waals surface area contributed by atoms with Crippen molar-refractivity contribution in [1.82, 2.24) is 0 Å². The zero-order valence-corrected chi connectivity index (χ0v) is 9.21. The summed E-state index contributed by atoms with van der Waals surface area (Å²) in [4.78, 5) is 10.5. The first-order valence-corrected chi connectivity index (χ1v) is 4.73. The molecule has 0 unspecified atom stereocenters. The van der Waals surface area contributed by atoms with Crippen LogP contribution in [0.15, 0.2) is 18.2 Å². The lowest BCUT2D eigenvalue weighted by Gasteiger charge is -2.06. The van der Waals surface area contributed by atoms with Gasteiger partial charge in [-0.25, -0.2) is 0 Å². The van der Waals surface area contributed by atoms with E-state index in [1.54, 1.807) is 18.2 Å². The molecular formula is C8H6Cl2N2OS. The number of rotatable bonds is 1. The van der Waals surface area contributed by atoms with E-state index in [9.17, 15) is 4.79 Å². The van der Waals surface area contributed by atoms with E-state index in [-0.39, 0.29) is 4.99 Å². The fraction of sp³-hybridized carbons (Fsp3) is 0. The molecule has 1 aromatic carbocycles. The molecule has 0 heterocycles. The summed E-state index contributed by atoms with van der Waals surface area (Å²) in [7, 11) is 0. The third kappa shape index (κ3) is 2.83. The zero-order chi connectivity index (χ0) is 10.7. The molecule has 0 aliphatic heterocycles. The van der Waals surface area contributed by atoms with Crippen LogP contribution in [0.4, 0.5) is 5.69 Å². The minimum atomic E-state index is -0.712. The maximum atomic E-state index is 10.6. The zero-order valence-electron chi connectivity index (χ0n) is 6.88. The third-order valence-electron chi connectivity index (χ3n) is 1.40. The molecule has 1 aromatic rings. The van der Waals surface area contributed by atoms with Crippen molar-refractivity contribution in [3.8, 4) is 0 Å². The largest absolute Gasteiger partial charge is 0.364 e. The number of hydrogen-bond donors (Lipinski definition) is 2. The quantitative estimate of drug-likeness (QED) is 0.750. The van der Waals surface area contributed by atoms with Gasteiger partial charge in [0, 0.05) is 5.02 Å². The second kappa shape index (κ2) is 4.59. The highest BCUT2D eigenvalue weighted by Crippen LogP contribution is 2.25. The van der Waals surface area contributed by atoms with Gasteiger partial charge in [-0.05, 0) is 18.2 Å². The average molecular weight is 249 g/mol. The Morgan fingerprint density at radius 1 is 1.43 bits per heavy atom. The number of carbonyl (C=O) groups is 1. The van der Waals surface area contributed by atoms with E-state index in [0.717, 1.165) is 0 Å². The van der Waals surface area contributed by atoms with Gasteiger partial charge in [0.2, 0.25) is 0 Å². The minimum Gasteiger partial charge on any atom is -0.364 e. The lowest BCUT2D eigenvalue weighted by molar-refractivity contribution is -0.111. The van der Waals surface area contributed by atoms with E-state index < -0.39 is 5.91 Å². The molecule has 3 nitrogen and oxygen atoms in total. The number of anilines is 1. The molecule has 14 heavy (non-hydrogen) atoms. The number of amides is 1. The number of halogens is 2. The Balaban J connectivity index is 2.91. The summed E-state index contributed by atoms with van der Waals surface area (Å²) >= 11 is 16.2. The molecule has 3 N–H and O–H groups in total. The van der Waals surface area contributed by atoms with Crippen molar-refractivity contribution in [1.29, 1.82) is 0 Å². The van der Waals surface area contributed by atoms with E-state index >= 15 is 0 Å². The SMILES string of the molecule is NC(=O)C(=S)Nc1cc(Cl)ccc1Cl. The van der Waals surface area contributed by atoms with Gasteiger partial charge in [0.15, 0.2) is 4.99 Å². The first-order chi connectivity index (χ1) is 6.50. The van der Waals surface area contributed by atoms with Crippen LogP contribution in [-0.2, 0) is 4.79 Å². The number of primary amides is 1. The number of carbonyl (C=O) groups excluding carboxylic acids is 1. The standard InChI is InChI=1S/C8H6Cl2N2OS/c9-4-1-2-5(10)6(3-4)12-8(14)7(11)13/h1-3H,(H2,11,13)(H,12,14). The summed E-state index contributed by atoms with van der Waals surface area (Å²) in [6.07, 6.45) is 0. The molecule has 0 saturated heterocycles. The van der Waals surface area contributed by atoms with E-state index in [4.69, 9.17) is 28.9 Å². The molecule has 0 aromatic heterocycles. The molecular weight excluding hydrogens is 243 g/mol. The molecule has 0 fully saturated rings. The molecule has 74 valence electrons. The third-order valence-corrected chi connectivity index (χ3v) is 2.27. The Labute approximate surface area is 96.2 Å². The van der Waals surface area contributed by atoms with E-state index in [1.165, 1.54) is 0 Å². The predicted molar refractivity (Wildman–Crippen MR) is 61.9 cm³/mol. The smallest absolute Gasteiger partial charge is 0.276 e. The van der Waals surface area contributed by atoms with Gasteiger partial charge in [-0.2, -0.15) is 0 Å². The van der Waals surface area contributed by atoms with Crippen LogP contribution < -0.4 is 11.1 Å². The highest BCUT2D eigenvalue weighted by atomic mass is 35.5. The molecule has 0 aliphatic rings. The van der Waals surface area contributed by atoms with Crippen molar-refractivity contribution in [2.24, 2.45) is 5.73 Å². The van der Waals surface area contributed by atoms with E-state index in [2.05, 4.69) is 17.5 Å². The van der Waals surface area contributed by atoms with Crippen molar-refractivity contribution in [2.75, 3.05) is 5.32 Å². The maximum absolute atomic E-state index is 10.6. The highest BCUT2D eigenvalue weighted by molar-refractivity contribution is 7.82. The van der Waals surface area contributed by atoms with Gasteiger partial charge < -0.3 is 11.1 Å². The topological polar surface area (TPSA) is 55.1 Å². The molecule has 1 rings (SSSR count). The molecule has 0 atom stereocenters. The summed E-state index contributed by atoms with van der Waals surface area (Å²) < 4.78 is 0. The molecule has 0 radical (unpaired) electrons. The molecule has 0 saturated carbocycles. The average Bonchev–Trinajstić information content (AvgIpc) is 2.11. The van der Waals surface area contributed by atoms with Crippen LogP contribution in [0.3, 0.4) is 0 Å². The summed E-state index contributed by atoms with van der Waals surface area (Å²) in [6, 6.07) is 4.78. The van der Waals surface area contributed by atoms with Crippen LogP contribution in [-0.4, -0.2) is 10.9 Å². The normalized spacial score (nSPS) is 9.57. The van der Waals surface area contributed by atoms with Gasteiger partial charge in [-0.1, -0.05) is 35.4 Å². The van der Waals surface area contributed by atoms with Gasteiger partial charge in [0.25, 0.3) is 5.91 Å². The predicted octanol–water partition coefficient (Wildman–Crippen LogP) is 2.22. The molecule has 0 bridgehead atoms. The van der Waals surface area contributed by atoms with Crippen molar-refractivity contribution < 1.29 is 4.79 Å². The number of benzene rings is 1. The Kier molecular flexibility index (Phi) is 3.69. The van der Waals surface area contributed by atoms with E-state index in [0.29, 0.717) is 15.7 Å². The summed E-state index contributed by atoms with van der Waals surface area (Å²) in [5.74, 6) is -0.712. The summed E-state index contributed by atoms with van der Waals surface area (Å²) in [6.45, 7) is 0. The van der Waals surface area contributed by atoms with Crippen LogP contribution in [0, 0.1) is 0 Å². The van der Waals surface area contributed by atoms with Gasteiger partial charge in [0.1, 0.15) is 0 Å². The molecule has 0 spiro atoms. The summed E-state index contributed by atoms with van der Waals surface area (Å²) in [5, 5.41) is 3.50. The molecule has 0 aliphatic carbocycles. The Morgan fingerprint density at radius 2 is 2.07 bits per heavy atom. The van der Waals surface area contributed by atoms with Crippen molar-refractivity contribution in [3.05, 3.63) is 28.2 Å². The van der Waals surface area contributed by atoms with Gasteiger partial charge >= 0.3 is 0 Å². The number of nitrogens with one attached hydrogen (secondary N) is 1. The first kappa shape index (κ1) is 11.2. The monoisotopic (exact) mass is 248 g/mol. The van der Waals surface area contributed by atoms with Crippen LogP contribution in [0.5, 0.6) is 0 Å². The van der Waals surface area contributed by atoms with Crippen LogP contribution in [0.1, 0.15) is 0 Å².